The van der Waals surface area contributed by atoms with E-state index in [2.05, 4.69) is 5.32 Å². The number of carboxylic acid groups (broad SMARTS) is 1. The first-order chi connectivity index (χ1) is 14.5. The van der Waals surface area contributed by atoms with E-state index in [-0.39, 0.29) is 34.5 Å². The number of anilines is 1. The van der Waals surface area contributed by atoms with Gasteiger partial charge in [0.15, 0.2) is 0 Å². The van der Waals surface area contributed by atoms with E-state index in [1.54, 1.807) is 0 Å². The van der Waals surface area contributed by atoms with Crippen molar-refractivity contribution in [3.05, 3.63) is 82.4 Å². The van der Waals surface area contributed by atoms with Gasteiger partial charge in [-0.3, -0.25) is 5.32 Å². The Morgan fingerprint density at radius 2 is 1.60 bits per heavy atom. The Morgan fingerprint density at radius 1 is 1.00 bits per heavy atom. The summed E-state index contributed by atoms with van der Waals surface area (Å²) in [5.41, 5.74) is 4.09. The molecule has 0 aliphatic heterocycles. The zero-order chi connectivity index (χ0) is 21.3. The summed E-state index contributed by atoms with van der Waals surface area (Å²) in [5, 5.41) is 11.9. The van der Waals surface area contributed by atoms with Crippen molar-refractivity contribution in [2.45, 2.75) is 5.92 Å². The molecule has 1 aliphatic rings. The summed E-state index contributed by atoms with van der Waals surface area (Å²) in [6, 6.07) is 18.9. The summed E-state index contributed by atoms with van der Waals surface area (Å²) in [7, 11) is 1.37. The minimum atomic E-state index is -1.28. The molecule has 1 aliphatic carbocycles. The number of benzene rings is 3. The molecule has 0 heterocycles. The van der Waals surface area contributed by atoms with Crippen LogP contribution in [0.2, 0.25) is 5.02 Å². The Bertz CT molecular complexity index is 1100. The number of hydrogen-bond donors (Lipinski definition) is 2. The summed E-state index contributed by atoms with van der Waals surface area (Å²) in [4.78, 5) is 24.1. The Kier molecular flexibility index (Phi) is 5.33. The fraction of sp³-hybridized carbons (Fsp3) is 0.130. The van der Waals surface area contributed by atoms with E-state index in [0.717, 1.165) is 22.3 Å². The minimum Gasteiger partial charge on any atom is -0.495 e. The molecule has 0 bridgehead atoms. The van der Waals surface area contributed by atoms with Crippen molar-refractivity contribution in [3.63, 3.8) is 0 Å². The fourth-order valence-corrected chi connectivity index (χ4v) is 4.04. The average molecular weight is 424 g/mol. The molecule has 30 heavy (non-hydrogen) atoms. The SMILES string of the molecule is COc1ccc(Cl)c(C(=O)O)c1NC(=O)OCC1c2ccccc2-c2ccccc21. The number of carbonyl (C=O) groups excluding carboxylic acids is 1. The molecule has 0 spiro atoms. The number of amides is 1. The van der Waals surface area contributed by atoms with Gasteiger partial charge in [-0.05, 0) is 34.4 Å². The maximum atomic E-state index is 12.5. The molecule has 0 saturated carbocycles. The van der Waals surface area contributed by atoms with Crippen molar-refractivity contribution >= 4 is 29.4 Å². The molecule has 6 nitrogen and oxygen atoms in total. The van der Waals surface area contributed by atoms with Crippen LogP contribution in [0.1, 0.15) is 27.4 Å². The summed E-state index contributed by atoms with van der Waals surface area (Å²) in [6.45, 7) is 0.102. The van der Waals surface area contributed by atoms with E-state index in [4.69, 9.17) is 21.1 Å². The molecule has 3 aromatic carbocycles. The van der Waals surface area contributed by atoms with Crippen LogP contribution in [0.25, 0.3) is 11.1 Å². The number of methoxy groups -OCH3 is 1. The van der Waals surface area contributed by atoms with Gasteiger partial charge in [0.1, 0.15) is 23.6 Å². The number of rotatable bonds is 5. The Labute approximate surface area is 178 Å². The van der Waals surface area contributed by atoms with Crippen LogP contribution in [0.5, 0.6) is 5.75 Å². The van der Waals surface area contributed by atoms with Crippen LogP contribution >= 0.6 is 11.6 Å². The molecule has 2 N–H and O–H groups in total. The van der Waals surface area contributed by atoms with E-state index in [9.17, 15) is 14.7 Å². The van der Waals surface area contributed by atoms with Crippen LogP contribution in [0.15, 0.2) is 60.7 Å². The van der Waals surface area contributed by atoms with Crippen LogP contribution in [0, 0.1) is 0 Å². The molecule has 0 fully saturated rings. The van der Waals surface area contributed by atoms with Crippen molar-refractivity contribution in [2.75, 3.05) is 19.0 Å². The maximum Gasteiger partial charge on any atom is 0.411 e. The van der Waals surface area contributed by atoms with E-state index in [1.165, 1.54) is 19.2 Å². The molecule has 0 saturated heterocycles. The maximum absolute atomic E-state index is 12.5. The average Bonchev–Trinajstić information content (AvgIpc) is 3.06. The first-order valence-corrected chi connectivity index (χ1v) is 9.60. The minimum absolute atomic E-state index is 0.0164. The fourth-order valence-electron chi connectivity index (χ4n) is 3.80. The standard InChI is InChI=1S/C23H18ClNO5/c1-29-19-11-10-18(24)20(22(26)27)21(19)25-23(28)30-12-17-15-8-4-2-6-13(15)14-7-3-5-9-16(14)17/h2-11,17H,12H2,1H3,(H,25,28)(H,26,27). The number of ether oxygens (including phenoxy) is 2. The first-order valence-electron chi connectivity index (χ1n) is 9.23. The third-order valence-corrected chi connectivity index (χ3v) is 5.44. The molecule has 0 unspecified atom stereocenters. The van der Waals surface area contributed by atoms with Gasteiger partial charge in [-0.2, -0.15) is 0 Å². The highest BCUT2D eigenvalue weighted by Gasteiger charge is 2.29. The van der Waals surface area contributed by atoms with Gasteiger partial charge < -0.3 is 14.6 Å². The topological polar surface area (TPSA) is 84.9 Å². The van der Waals surface area contributed by atoms with Crippen molar-refractivity contribution in [1.29, 1.82) is 0 Å². The predicted octanol–water partition coefficient (Wildman–Crippen LogP) is 5.41. The Hall–Kier alpha value is -3.51. The van der Waals surface area contributed by atoms with Crippen LogP contribution < -0.4 is 10.1 Å². The summed E-state index contributed by atoms with van der Waals surface area (Å²) < 4.78 is 10.6. The summed E-state index contributed by atoms with van der Waals surface area (Å²) >= 11 is 6.00. The zero-order valence-corrected chi connectivity index (χ0v) is 16.8. The van der Waals surface area contributed by atoms with Gasteiger partial charge in [0, 0.05) is 5.92 Å². The molecular weight excluding hydrogens is 406 g/mol. The highest BCUT2D eigenvalue weighted by molar-refractivity contribution is 6.34. The largest absolute Gasteiger partial charge is 0.495 e. The monoisotopic (exact) mass is 423 g/mol. The van der Waals surface area contributed by atoms with Crippen LogP contribution in [0.3, 0.4) is 0 Å². The van der Waals surface area contributed by atoms with Crippen LogP contribution in [0.4, 0.5) is 10.5 Å². The van der Waals surface area contributed by atoms with Gasteiger partial charge in [-0.25, -0.2) is 9.59 Å². The Balaban J connectivity index is 1.56. The van der Waals surface area contributed by atoms with Gasteiger partial charge in [-0.15, -0.1) is 0 Å². The third kappa shape index (κ3) is 3.46. The van der Waals surface area contributed by atoms with Crippen molar-refractivity contribution in [3.8, 4) is 16.9 Å². The number of nitrogens with one attached hydrogen (secondary N) is 1. The number of aromatic carboxylic acids is 1. The van der Waals surface area contributed by atoms with Gasteiger partial charge >= 0.3 is 12.1 Å². The first kappa shape index (κ1) is 19.8. The third-order valence-electron chi connectivity index (χ3n) is 5.12. The van der Waals surface area contributed by atoms with E-state index >= 15 is 0 Å². The van der Waals surface area contributed by atoms with Gasteiger partial charge in [0.2, 0.25) is 0 Å². The predicted molar refractivity (Wildman–Crippen MR) is 114 cm³/mol. The van der Waals surface area contributed by atoms with Crippen molar-refractivity contribution < 1.29 is 24.2 Å². The molecule has 152 valence electrons. The zero-order valence-electron chi connectivity index (χ0n) is 16.0. The molecular formula is C23H18ClNO5. The number of hydrogen-bond acceptors (Lipinski definition) is 4. The lowest BCUT2D eigenvalue weighted by Gasteiger charge is -2.17. The van der Waals surface area contributed by atoms with E-state index in [1.807, 2.05) is 48.5 Å². The second-order valence-electron chi connectivity index (χ2n) is 6.76. The molecule has 1 amide bonds. The molecule has 4 rings (SSSR count). The van der Waals surface area contributed by atoms with E-state index < -0.39 is 12.1 Å². The molecule has 0 radical (unpaired) electrons. The second kappa shape index (κ2) is 8.08. The highest BCUT2D eigenvalue weighted by atomic mass is 35.5. The number of carbonyl (C=O) groups is 2. The number of carboxylic acids is 1. The number of fused-ring (bicyclic) bond motifs is 3. The van der Waals surface area contributed by atoms with Gasteiger partial charge in [-0.1, -0.05) is 60.1 Å². The number of halogens is 1. The molecule has 3 aromatic rings. The quantitative estimate of drug-likeness (QED) is 0.573. The van der Waals surface area contributed by atoms with Crippen molar-refractivity contribution in [1.82, 2.24) is 0 Å². The lowest BCUT2D eigenvalue weighted by Crippen LogP contribution is -2.20. The highest BCUT2D eigenvalue weighted by Crippen LogP contribution is 2.44. The van der Waals surface area contributed by atoms with Gasteiger partial charge in [0.25, 0.3) is 0 Å². The lowest BCUT2D eigenvalue weighted by molar-refractivity contribution is 0.0698. The van der Waals surface area contributed by atoms with E-state index in [0.29, 0.717) is 0 Å². The summed E-state index contributed by atoms with van der Waals surface area (Å²) in [5.74, 6) is -1.22. The normalized spacial score (nSPS) is 12.1. The molecule has 0 atom stereocenters. The van der Waals surface area contributed by atoms with Gasteiger partial charge in [0.05, 0.1) is 12.1 Å². The van der Waals surface area contributed by atoms with Crippen molar-refractivity contribution in [2.24, 2.45) is 0 Å². The second-order valence-corrected chi connectivity index (χ2v) is 7.16. The van der Waals surface area contributed by atoms with Crippen LogP contribution in [-0.4, -0.2) is 30.9 Å². The van der Waals surface area contributed by atoms with Crippen LogP contribution in [-0.2, 0) is 4.74 Å². The smallest absolute Gasteiger partial charge is 0.411 e. The lowest BCUT2D eigenvalue weighted by atomic mass is 9.98. The summed E-state index contributed by atoms with van der Waals surface area (Å²) in [6.07, 6.45) is -0.792. The Morgan fingerprint density at radius 3 is 2.17 bits per heavy atom. The molecule has 7 heteroatoms. The molecule has 0 aromatic heterocycles.